The van der Waals surface area contributed by atoms with Gasteiger partial charge in [0.1, 0.15) is 17.9 Å². The highest BCUT2D eigenvalue weighted by Gasteiger charge is 2.33. The van der Waals surface area contributed by atoms with Crippen molar-refractivity contribution in [1.29, 1.82) is 0 Å². The van der Waals surface area contributed by atoms with Crippen LogP contribution in [0.3, 0.4) is 0 Å². The van der Waals surface area contributed by atoms with Crippen LogP contribution in [0.1, 0.15) is 24.1 Å². The van der Waals surface area contributed by atoms with Crippen molar-refractivity contribution in [3.05, 3.63) is 28.9 Å². The number of amides is 1. The summed E-state index contributed by atoms with van der Waals surface area (Å²) < 4.78 is 34.5. The number of nitrogens with one attached hydrogen (secondary N) is 1. The Hall–Kier alpha value is -3.18. The minimum atomic E-state index is -3.78. The lowest BCUT2D eigenvalue weighted by Gasteiger charge is -2.35. The third-order valence-electron chi connectivity index (χ3n) is 6.79. The lowest BCUT2D eigenvalue weighted by Crippen LogP contribution is -2.50. The predicted octanol–water partition coefficient (Wildman–Crippen LogP) is 3.65. The van der Waals surface area contributed by atoms with Crippen molar-refractivity contribution < 1.29 is 22.8 Å². The zero-order valence-corrected chi connectivity index (χ0v) is 25.2. The molecule has 1 aliphatic heterocycles. The van der Waals surface area contributed by atoms with E-state index in [1.165, 1.54) is 11.4 Å². The van der Waals surface area contributed by atoms with Gasteiger partial charge in [0.05, 0.1) is 27.2 Å². The predicted molar refractivity (Wildman–Crippen MR) is 154 cm³/mol. The monoisotopic (exact) mass is 606 g/mol. The van der Waals surface area contributed by atoms with Gasteiger partial charge in [-0.3, -0.25) is 9.80 Å². The van der Waals surface area contributed by atoms with Gasteiger partial charge in [-0.1, -0.05) is 16.5 Å². The van der Waals surface area contributed by atoms with Gasteiger partial charge in [0.25, 0.3) is 10.0 Å². The topological polar surface area (TPSA) is 158 Å². The smallest absolute Gasteiger partial charge is 0.413 e. The van der Waals surface area contributed by atoms with E-state index < -0.39 is 16.1 Å². The molecule has 214 valence electrons. The molecule has 1 saturated heterocycles. The Kier molecular flexibility index (Phi) is 7.80. The van der Waals surface area contributed by atoms with Gasteiger partial charge in [0, 0.05) is 56.8 Å². The second-order valence-electron chi connectivity index (χ2n) is 9.71. The third-order valence-corrected chi connectivity index (χ3v) is 11.5. The molecule has 5 rings (SSSR count). The Morgan fingerprint density at radius 3 is 2.58 bits per heavy atom. The van der Waals surface area contributed by atoms with Gasteiger partial charge in [-0.05, 0) is 27.7 Å². The number of nitrogens with zero attached hydrogens (tertiary/aromatic N) is 7. The van der Waals surface area contributed by atoms with Gasteiger partial charge >= 0.3 is 6.09 Å². The summed E-state index contributed by atoms with van der Waals surface area (Å²) in [7, 11) is -2.44. The van der Waals surface area contributed by atoms with Crippen molar-refractivity contribution in [1.82, 2.24) is 29.3 Å². The minimum Gasteiger partial charge on any atom is -0.465 e. The number of aryl methyl sites for hydroxylation is 3. The van der Waals surface area contributed by atoms with Gasteiger partial charge in [0.2, 0.25) is 0 Å². The van der Waals surface area contributed by atoms with Crippen LogP contribution in [-0.4, -0.2) is 94.7 Å². The molecule has 0 saturated carbocycles. The number of anilines is 2. The molecule has 13 nitrogen and oxygen atoms in total. The number of sulfonamides is 1. The first-order valence-electron chi connectivity index (χ1n) is 12.6. The third kappa shape index (κ3) is 5.28. The van der Waals surface area contributed by atoms with Crippen LogP contribution >= 0.6 is 22.7 Å². The van der Waals surface area contributed by atoms with E-state index in [1.54, 1.807) is 24.6 Å². The molecule has 0 unspecified atom stereocenters. The maximum Gasteiger partial charge on any atom is 0.413 e. The van der Waals surface area contributed by atoms with Crippen molar-refractivity contribution in [2.75, 3.05) is 50.0 Å². The SMILES string of the molecule is Cc1nc(N(C)C(=O)O)sc1S(=O)(=O)N1CCN(C[C@H](C)Nc2ncnc3c(-c4c(C)noc4C)csc23)CC1. The maximum atomic E-state index is 13.3. The van der Waals surface area contributed by atoms with Crippen molar-refractivity contribution >= 4 is 60.0 Å². The van der Waals surface area contributed by atoms with Gasteiger partial charge in [-0.2, -0.15) is 4.31 Å². The molecule has 1 amide bonds. The van der Waals surface area contributed by atoms with Crippen LogP contribution in [0.4, 0.5) is 15.7 Å². The van der Waals surface area contributed by atoms with Crippen molar-refractivity contribution in [3.63, 3.8) is 0 Å². The highest BCUT2D eigenvalue weighted by Crippen LogP contribution is 2.38. The molecule has 0 radical (unpaired) electrons. The molecule has 16 heteroatoms. The number of hydrogen-bond donors (Lipinski definition) is 2. The van der Waals surface area contributed by atoms with Crippen LogP contribution in [0.5, 0.6) is 0 Å². The maximum absolute atomic E-state index is 13.3. The van der Waals surface area contributed by atoms with E-state index in [2.05, 4.69) is 42.6 Å². The van der Waals surface area contributed by atoms with Crippen LogP contribution in [0.15, 0.2) is 20.4 Å². The number of rotatable bonds is 8. The Morgan fingerprint density at radius 2 is 1.93 bits per heavy atom. The molecule has 1 fully saturated rings. The summed E-state index contributed by atoms with van der Waals surface area (Å²) in [5.41, 5.74) is 3.90. The van der Waals surface area contributed by atoms with E-state index >= 15 is 0 Å². The summed E-state index contributed by atoms with van der Waals surface area (Å²) >= 11 is 2.44. The largest absolute Gasteiger partial charge is 0.465 e. The lowest BCUT2D eigenvalue weighted by atomic mass is 10.1. The first-order valence-corrected chi connectivity index (χ1v) is 15.7. The second-order valence-corrected chi connectivity index (χ2v) is 13.7. The first-order chi connectivity index (χ1) is 19.0. The van der Waals surface area contributed by atoms with Crippen LogP contribution < -0.4 is 10.2 Å². The van der Waals surface area contributed by atoms with Gasteiger partial charge < -0.3 is 14.9 Å². The zero-order chi connectivity index (χ0) is 28.8. The summed E-state index contributed by atoms with van der Waals surface area (Å²) in [6.45, 7) is 9.96. The number of aromatic nitrogens is 4. The highest BCUT2D eigenvalue weighted by molar-refractivity contribution is 7.91. The summed E-state index contributed by atoms with van der Waals surface area (Å²) in [4.78, 5) is 27.6. The molecular weight excluding hydrogens is 577 g/mol. The van der Waals surface area contributed by atoms with E-state index in [0.717, 1.165) is 54.9 Å². The first kappa shape index (κ1) is 28.4. The molecule has 0 aromatic carbocycles. The Labute approximate surface area is 239 Å². The molecular formula is C24H30N8O5S3. The normalized spacial score (nSPS) is 15.9. The summed E-state index contributed by atoms with van der Waals surface area (Å²) in [5, 5.41) is 19.0. The van der Waals surface area contributed by atoms with Crippen LogP contribution in [0, 0.1) is 20.8 Å². The van der Waals surface area contributed by atoms with E-state index in [4.69, 9.17) is 4.52 Å². The van der Waals surface area contributed by atoms with E-state index in [-0.39, 0.29) is 15.4 Å². The average Bonchev–Trinajstić information content (AvgIpc) is 3.61. The number of thiazole rings is 1. The van der Waals surface area contributed by atoms with Crippen molar-refractivity contribution in [2.24, 2.45) is 0 Å². The summed E-state index contributed by atoms with van der Waals surface area (Å²) in [5.74, 6) is 1.50. The second kappa shape index (κ2) is 11.0. The van der Waals surface area contributed by atoms with Crippen molar-refractivity contribution in [3.8, 4) is 11.1 Å². The van der Waals surface area contributed by atoms with E-state index in [0.29, 0.717) is 38.4 Å². The fraction of sp³-hybridized carbons (Fsp3) is 0.458. The quantitative estimate of drug-likeness (QED) is 0.302. The molecule has 1 atom stereocenters. The molecule has 5 heterocycles. The molecule has 0 bridgehead atoms. The van der Waals surface area contributed by atoms with Crippen LogP contribution in [0.2, 0.25) is 0 Å². The number of piperazine rings is 1. The number of thiophene rings is 1. The van der Waals surface area contributed by atoms with Gasteiger partial charge in [0.15, 0.2) is 9.34 Å². The van der Waals surface area contributed by atoms with E-state index in [1.807, 2.05) is 13.8 Å². The van der Waals surface area contributed by atoms with Crippen LogP contribution in [0.25, 0.3) is 21.3 Å². The average molecular weight is 607 g/mol. The highest BCUT2D eigenvalue weighted by atomic mass is 32.2. The van der Waals surface area contributed by atoms with Crippen LogP contribution in [-0.2, 0) is 10.0 Å². The standard InChI is InChI=1S/C24H30N8O5S3/c1-13(27-21-20-19(25-12-26-21)17(11-38-20)18-14(2)29-37-16(18)4)10-31-6-8-32(9-7-31)40(35,36)22-15(3)28-23(39-22)30(5)24(33)34/h11-13H,6-10H2,1-5H3,(H,33,34)(H,25,26,27)/t13-/m0/s1. The molecule has 0 spiro atoms. The molecule has 1 aliphatic rings. The Bertz CT molecular complexity index is 1640. The Morgan fingerprint density at radius 1 is 1.20 bits per heavy atom. The fourth-order valence-electron chi connectivity index (χ4n) is 4.77. The molecule has 4 aromatic rings. The number of hydrogen-bond acceptors (Lipinski definition) is 12. The molecule has 40 heavy (non-hydrogen) atoms. The summed E-state index contributed by atoms with van der Waals surface area (Å²) in [6, 6.07) is 0.0451. The van der Waals surface area contributed by atoms with Gasteiger partial charge in [-0.25, -0.2) is 28.2 Å². The summed E-state index contributed by atoms with van der Waals surface area (Å²) in [6.07, 6.45) is 0.355. The van der Waals surface area contributed by atoms with Crippen molar-refractivity contribution in [2.45, 2.75) is 37.9 Å². The zero-order valence-electron chi connectivity index (χ0n) is 22.7. The lowest BCUT2D eigenvalue weighted by molar-refractivity contribution is 0.184. The minimum absolute atomic E-state index is 0.0451. The Balaban J connectivity index is 1.22. The molecule has 4 aromatic heterocycles. The fourth-order valence-corrected chi connectivity index (χ4v) is 8.75. The number of carbonyl (C=O) groups is 1. The van der Waals surface area contributed by atoms with Gasteiger partial charge in [-0.15, -0.1) is 11.3 Å². The molecule has 2 N–H and O–H groups in total. The molecule has 0 aliphatic carbocycles. The number of carboxylic acid groups (broad SMARTS) is 1. The van der Waals surface area contributed by atoms with E-state index in [9.17, 15) is 18.3 Å². The number of fused-ring (bicyclic) bond motifs is 1.